The highest BCUT2D eigenvalue weighted by Gasteiger charge is 2.13. The molecule has 4 nitrogen and oxygen atoms in total. The van der Waals surface area contributed by atoms with Gasteiger partial charge in [0.05, 0.1) is 6.10 Å². The molecular weight excluding hydrogens is 240 g/mol. The predicted octanol–water partition coefficient (Wildman–Crippen LogP) is 1.77. The lowest BCUT2D eigenvalue weighted by atomic mass is 10.1. The topological polar surface area (TPSA) is 66.6 Å². The van der Waals surface area contributed by atoms with Crippen LogP contribution in [0, 0.1) is 0 Å². The number of hydrogen-bond donors (Lipinski definition) is 2. The summed E-state index contributed by atoms with van der Waals surface area (Å²) >= 11 is 5.84. The standard InChI is InChI=1S/C12H17ClN2O2/c1-8(16)3-4-15(2)12(17)9-5-10(13)7-11(14)6-9/h5-8,16H,3-4,14H2,1-2H3. The van der Waals surface area contributed by atoms with E-state index in [9.17, 15) is 4.79 Å². The van der Waals surface area contributed by atoms with Gasteiger partial charge in [-0.1, -0.05) is 11.6 Å². The van der Waals surface area contributed by atoms with Crippen LogP contribution in [0.3, 0.4) is 0 Å². The molecule has 0 aliphatic heterocycles. The van der Waals surface area contributed by atoms with Crippen molar-refractivity contribution in [2.75, 3.05) is 19.3 Å². The van der Waals surface area contributed by atoms with Crippen LogP contribution in [0.2, 0.25) is 5.02 Å². The SMILES string of the molecule is CC(O)CCN(C)C(=O)c1cc(N)cc(Cl)c1. The summed E-state index contributed by atoms with van der Waals surface area (Å²) in [5.74, 6) is -0.153. The number of nitrogens with two attached hydrogens (primary N) is 1. The van der Waals surface area contributed by atoms with Crippen molar-refractivity contribution in [1.29, 1.82) is 0 Å². The number of rotatable bonds is 4. The molecule has 0 bridgehead atoms. The minimum Gasteiger partial charge on any atom is -0.399 e. The van der Waals surface area contributed by atoms with E-state index in [-0.39, 0.29) is 5.91 Å². The van der Waals surface area contributed by atoms with Gasteiger partial charge in [-0.3, -0.25) is 4.79 Å². The number of carbonyl (C=O) groups excluding carboxylic acids is 1. The summed E-state index contributed by atoms with van der Waals surface area (Å²) in [5.41, 5.74) is 6.55. The Morgan fingerprint density at radius 2 is 2.18 bits per heavy atom. The molecule has 5 heteroatoms. The molecule has 0 saturated carbocycles. The molecule has 1 aromatic rings. The van der Waals surface area contributed by atoms with Crippen molar-refractivity contribution in [3.05, 3.63) is 28.8 Å². The number of aliphatic hydroxyl groups excluding tert-OH is 1. The minimum atomic E-state index is -0.422. The number of aliphatic hydroxyl groups is 1. The Morgan fingerprint density at radius 3 is 2.71 bits per heavy atom. The highest BCUT2D eigenvalue weighted by Crippen LogP contribution is 2.17. The van der Waals surface area contributed by atoms with Crippen LogP contribution in [0.25, 0.3) is 0 Å². The normalized spacial score (nSPS) is 12.2. The third-order valence-corrected chi connectivity index (χ3v) is 2.61. The maximum absolute atomic E-state index is 12.0. The van der Waals surface area contributed by atoms with Crippen molar-refractivity contribution in [3.8, 4) is 0 Å². The van der Waals surface area contributed by atoms with Gasteiger partial charge in [-0.15, -0.1) is 0 Å². The molecule has 0 saturated heterocycles. The number of nitrogen functional groups attached to an aromatic ring is 1. The summed E-state index contributed by atoms with van der Waals surface area (Å²) in [7, 11) is 1.68. The first-order valence-corrected chi connectivity index (χ1v) is 5.77. The molecule has 0 aliphatic carbocycles. The van der Waals surface area contributed by atoms with E-state index < -0.39 is 6.10 Å². The lowest BCUT2D eigenvalue weighted by molar-refractivity contribution is 0.0769. The summed E-state index contributed by atoms with van der Waals surface area (Å²) in [6.07, 6.45) is 0.118. The second kappa shape index (κ2) is 5.89. The van der Waals surface area contributed by atoms with Crippen LogP contribution >= 0.6 is 11.6 Å². The number of halogens is 1. The zero-order valence-corrected chi connectivity index (χ0v) is 10.7. The Hall–Kier alpha value is -1.26. The lowest BCUT2D eigenvalue weighted by Crippen LogP contribution is -2.29. The maximum atomic E-state index is 12.0. The fourth-order valence-electron chi connectivity index (χ4n) is 1.44. The fraction of sp³-hybridized carbons (Fsp3) is 0.417. The van der Waals surface area contributed by atoms with Crippen LogP contribution in [0.15, 0.2) is 18.2 Å². The maximum Gasteiger partial charge on any atom is 0.253 e. The van der Waals surface area contributed by atoms with Crippen LogP contribution < -0.4 is 5.73 Å². The number of amides is 1. The molecule has 0 heterocycles. The molecule has 1 atom stereocenters. The van der Waals surface area contributed by atoms with Gasteiger partial charge < -0.3 is 15.7 Å². The van der Waals surface area contributed by atoms with E-state index in [4.69, 9.17) is 22.4 Å². The number of nitrogens with zero attached hydrogens (tertiary/aromatic N) is 1. The van der Waals surface area contributed by atoms with E-state index in [2.05, 4.69) is 0 Å². The summed E-state index contributed by atoms with van der Waals surface area (Å²) < 4.78 is 0. The molecule has 0 aliphatic rings. The van der Waals surface area contributed by atoms with Crippen LogP contribution in [0.1, 0.15) is 23.7 Å². The van der Waals surface area contributed by atoms with Gasteiger partial charge in [0.1, 0.15) is 0 Å². The van der Waals surface area contributed by atoms with Crippen molar-refractivity contribution in [3.63, 3.8) is 0 Å². The van der Waals surface area contributed by atoms with Gasteiger partial charge in [0.15, 0.2) is 0 Å². The average molecular weight is 257 g/mol. The van der Waals surface area contributed by atoms with Gasteiger partial charge in [0.25, 0.3) is 5.91 Å². The molecule has 1 amide bonds. The van der Waals surface area contributed by atoms with Crippen LogP contribution in [-0.4, -0.2) is 35.6 Å². The highest BCUT2D eigenvalue weighted by molar-refractivity contribution is 6.31. The van der Waals surface area contributed by atoms with E-state index in [1.165, 1.54) is 4.90 Å². The minimum absolute atomic E-state index is 0.153. The zero-order chi connectivity index (χ0) is 13.0. The van der Waals surface area contributed by atoms with Crippen molar-refractivity contribution < 1.29 is 9.90 Å². The molecular formula is C12H17ClN2O2. The van der Waals surface area contributed by atoms with Gasteiger partial charge in [-0.25, -0.2) is 0 Å². The van der Waals surface area contributed by atoms with Crippen LogP contribution in [-0.2, 0) is 0 Å². The summed E-state index contributed by atoms with van der Waals surface area (Å²) in [4.78, 5) is 13.5. The van der Waals surface area contributed by atoms with E-state index in [1.807, 2.05) is 0 Å². The summed E-state index contributed by atoms with van der Waals surface area (Å²) in [6, 6.07) is 4.76. The highest BCUT2D eigenvalue weighted by atomic mass is 35.5. The van der Waals surface area contributed by atoms with Crippen molar-refractivity contribution >= 4 is 23.2 Å². The van der Waals surface area contributed by atoms with Crippen LogP contribution in [0.5, 0.6) is 0 Å². The molecule has 0 aromatic heterocycles. The zero-order valence-electron chi connectivity index (χ0n) is 9.98. The number of hydrogen-bond acceptors (Lipinski definition) is 3. The molecule has 0 spiro atoms. The fourth-order valence-corrected chi connectivity index (χ4v) is 1.68. The van der Waals surface area contributed by atoms with Gasteiger partial charge in [0.2, 0.25) is 0 Å². The Labute approximate surface area is 106 Å². The molecule has 17 heavy (non-hydrogen) atoms. The molecule has 1 unspecified atom stereocenters. The van der Waals surface area contributed by atoms with Gasteiger partial charge >= 0.3 is 0 Å². The van der Waals surface area contributed by atoms with E-state index in [1.54, 1.807) is 32.2 Å². The van der Waals surface area contributed by atoms with Gasteiger partial charge in [0, 0.05) is 29.9 Å². The van der Waals surface area contributed by atoms with Crippen molar-refractivity contribution in [2.45, 2.75) is 19.4 Å². The second-order valence-electron chi connectivity index (χ2n) is 4.14. The quantitative estimate of drug-likeness (QED) is 0.807. The smallest absolute Gasteiger partial charge is 0.253 e. The number of anilines is 1. The number of benzene rings is 1. The number of carbonyl (C=O) groups is 1. The molecule has 0 radical (unpaired) electrons. The molecule has 0 fully saturated rings. The van der Waals surface area contributed by atoms with Gasteiger partial charge in [-0.2, -0.15) is 0 Å². The second-order valence-corrected chi connectivity index (χ2v) is 4.57. The monoisotopic (exact) mass is 256 g/mol. The Balaban J connectivity index is 2.74. The first kappa shape index (κ1) is 13.8. The molecule has 94 valence electrons. The summed E-state index contributed by atoms with van der Waals surface area (Å²) in [6.45, 7) is 2.18. The van der Waals surface area contributed by atoms with E-state index in [0.717, 1.165) is 0 Å². The lowest BCUT2D eigenvalue weighted by Gasteiger charge is -2.18. The molecule has 3 N–H and O–H groups in total. The first-order valence-electron chi connectivity index (χ1n) is 5.39. The Morgan fingerprint density at radius 1 is 1.53 bits per heavy atom. The predicted molar refractivity (Wildman–Crippen MR) is 69.1 cm³/mol. The molecule has 1 aromatic carbocycles. The van der Waals surface area contributed by atoms with Crippen LogP contribution in [0.4, 0.5) is 5.69 Å². The van der Waals surface area contributed by atoms with Crippen molar-refractivity contribution in [2.24, 2.45) is 0 Å². The Bertz CT molecular complexity index is 387. The van der Waals surface area contributed by atoms with Crippen molar-refractivity contribution in [1.82, 2.24) is 4.90 Å². The third-order valence-electron chi connectivity index (χ3n) is 2.40. The summed E-state index contributed by atoms with van der Waals surface area (Å²) in [5, 5.41) is 9.60. The first-order chi connectivity index (χ1) is 7.90. The van der Waals surface area contributed by atoms with Gasteiger partial charge in [-0.05, 0) is 31.5 Å². The van der Waals surface area contributed by atoms with E-state index in [0.29, 0.717) is 29.2 Å². The Kier molecular flexibility index (Phi) is 4.78. The average Bonchev–Trinajstić information content (AvgIpc) is 2.23. The third kappa shape index (κ3) is 4.24. The largest absolute Gasteiger partial charge is 0.399 e. The van der Waals surface area contributed by atoms with E-state index >= 15 is 0 Å². The molecule has 1 rings (SSSR count).